The van der Waals surface area contributed by atoms with Crippen LogP contribution in [0.1, 0.15) is 38.4 Å². The van der Waals surface area contributed by atoms with Crippen molar-refractivity contribution in [1.29, 1.82) is 0 Å². The normalized spacial score (nSPS) is 14.6. The molecule has 2 amide bonds. The number of carbonyl (C=O) groups is 1. The van der Waals surface area contributed by atoms with E-state index >= 15 is 0 Å². The van der Waals surface area contributed by atoms with Gasteiger partial charge in [0.15, 0.2) is 5.82 Å². The van der Waals surface area contributed by atoms with Crippen LogP contribution in [0.5, 0.6) is 0 Å². The van der Waals surface area contributed by atoms with Crippen molar-refractivity contribution in [1.82, 2.24) is 15.0 Å². The fourth-order valence-electron chi connectivity index (χ4n) is 2.41. The summed E-state index contributed by atoms with van der Waals surface area (Å²) in [4.78, 5) is 18.2. The largest absolute Gasteiger partial charge is 0.334 e. The summed E-state index contributed by atoms with van der Waals surface area (Å²) in [7, 11) is 0. The highest BCUT2D eigenvalue weighted by Crippen LogP contribution is 2.22. The van der Waals surface area contributed by atoms with Gasteiger partial charge in [0.1, 0.15) is 0 Å². The van der Waals surface area contributed by atoms with Crippen molar-refractivity contribution in [2.75, 3.05) is 18.4 Å². The molecule has 1 aromatic carbocycles. The van der Waals surface area contributed by atoms with Crippen molar-refractivity contribution >= 4 is 11.7 Å². The molecule has 6 nitrogen and oxygen atoms in total. The lowest BCUT2D eigenvalue weighted by Crippen LogP contribution is -2.32. The molecule has 1 fully saturated rings. The van der Waals surface area contributed by atoms with Crippen molar-refractivity contribution in [3.8, 4) is 11.5 Å². The Bertz CT molecular complexity index is 642. The summed E-state index contributed by atoms with van der Waals surface area (Å²) in [5, 5.41) is 6.86. The van der Waals surface area contributed by atoms with Gasteiger partial charge in [-0.25, -0.2) is 4.79 Å². The summed E-state index contributed by atoms with van der Waals surface area (Å²) >= 11 is 0. The third kappa shape index (κ3) is 3.10. The van der Waals surface area contributed by atoms with E-state index in [2.05, 4.69) is 15.5 Å². The molecule has 1 saturated heterocycles. The van der Waals surface area contributed by atoms with Crippen molar-refractivity contribution in [2.45, 2.75) is 32.6 Å². The minimum Gasteiger partial charge on any atom is -0.334 e. The SMILES string of the molecule is CC(C)c1noc(-c2ccc(NC(=O)N3CCCC3)cc2)n1. The third-order valence-electron chi connectivity index (χ3n) is 3.73. The number of nitrogens with one attached hydrogen (secondary N) is 1. The van der Waals surface area contributed by atoms with Gasteiger partial charge in [-0.2, -0.15) is 4.98 Å². The second-order valence-electron chi connectivity index (χ2n) is 5.81. The number of hydrogen-bond donors (Lipinski definition) is 1. The van der Waals surface area contributed by atoms with Gasteiger partial charge in [0.05, 0.1) is 0 Å². The molecule has 0 saturated carbocycles. The first-order chi connectivity index (χ1) is 10.6. The van der Waals surface area contributed by atoms with Gasteiger partial charge in [0.25, 0.3) is 5.89 Å². The van der Waals surface area contributed by atoms with Crippen LogP contribution in [0.25, 0.3) is 11.5 Å². The molecule has 0 aliphatic carbocycles. The molecule has 116 valence electrons. The highest BCUT2D eigenvalue weighted by atomic mass is 16.5. The van der Waals surface area contributed by atoms with Gasteiger partial charge in [-0.15, -0.1) is 0 Å². The monoisotopic (exact) mass is 300 g/mol. The predicted octanol–water partition coefficient (Wildman–Crippen LogP) is 3.49. The van der Waals surface area contributed by atoms with E-state index in [1.807, 2.05) is 43.0 Å². The Kier molecular flexibility index (Phi) is 4.09. The molecular formula is C16H20N4O2. The number of benzene rings is 1. The van der Waals surface area contributed by atoms with E-state index in [-0.39, 0.29) is 11.9 Å². The Morgan fingerprint density at radius 2 is 1.91 bits per heavy atom. The summed E-state index contributed by atoms with van der Waals surface area (Å²) < 4.78 is 5.26. The lowest BCUT2D eigenvalue weighted by atomic mass is 10.2. The van der Waals surface area contributed by atoms with Crippen molar-refractivity contribution in [2.24, 2.45) is 0 Å². The van der Waals surface area contributed by atoms with Crippen molar-refractivity contribution < 1.29 is 9.32 Å². The minimum atomic E-state index is -0.0369. The number of carbonyl (C=O) groups excluding carboxylic acids is 1. The van der Waals surface area contributed by atoms with Gasteiger partial charge in [-0.05, 0) is 37.1 Å². The standard InChI is InChI=1S/C16H20N4O2/c1-11(2)14-18-15(22-19-14)12-5-7-13(8-6-12)17-16(21)20-9-3-4-10-20/h5-8,11H,3-4,9-10H2,1-2H3,(H,17,21). The van der Waals surface area contributed by atoms with Crippen LogP contribution >= 0.6 is 0 Å². The van der Waals surface area contributed by atoms with Crippen LogP contribution in [0.4, 0.5) is 10.5 Å². The Balaban J connectivity index is 1.67. The Labute approximate surface area is 129 Å². The van der Waals surface area contributed by atoms with Gasteiger partial charge in [-0.3, -0.25) is 0 Å². The summed E-state index contributed by atoms with van der Waals surface area (Å²) in [6, 6.07) is 7.41. The van der Waals surface area contributed by atoms with Gasteiger partial charge < -0.3 is 14.7 Å². The number of aromatic nitrogens is 2. The van der Waals surface area contributed by atoms with E-state index in [1.54, 1.807) is 0 Å². The summed E-state index contributed by atoms with van der Waals surface area (Å²) in [6.07, 6.45) is 2.17. The molecule has 1 N–H and O–H groups in total. The maximum atomic E-state index is 12.0. The number of likely N-dealkylation sites (tertiary alicyclic amines) is 1. The second kappa shape index (κ2) is 6.17. The van der Waals surface area contributed by atoms with Gasteiger partial charge in [0.2, 0.25) is 0 Å². The van der Waals surface area contributed by atoms with E-state index in [1.165, 1.54) is 0 Å². The molecule has 22 heavy (non-hydrogen) atoms. The summed E-state index contributed by atoms with van der Waals surface area (Å²) in [6.45, 7) is 5.71. The number of amides is 2. The summed E-state index contributed by atoms with van der Waals surface area (Å²) in [5.74, 6) is 1.43. The lowest BCUT2D eigenvalue weighted by Gasteiger charge is -2.16. The predicted molar refractivity (Wildman–Crippen MR) is 83.6 cm³/mol. The van der Waals surface area contributed by atoms with E-state index < -0.39 is 0 Å². The Hall–Kier alpha value is -2.37. The third-order valence-corrected chi connectivity index (χ3v) is 3.73. The molecule has 0 bridgehead atoms. The van der Waals surface area contributed by atoms with Crippen molar-refractivity contribution in [3.63, 3.8) is 0 Å². The van der Waals surface area contributed by atoms with Gasteiger partial charge >= 0.3 is 6.03 Å². The number of hydrogen-bond acceptors (Lipinski definition) is 4. The van der Waals surface area contributed by atoms with Crippen molar-refractivity contribution in [3.05, 3.63) is 30.1 Å². The molecule has 2 aromatic rings. The van der Waals surface area contributed by atoms with E-state index in [4.69, 9.17) is 4.52 Å². The first-order valence-corrected chi connectivity index (χ1v) is 7.63. The Morgan fingerprint density at radius 3 is 2.50 bits per heavy atom. The minimum absolute atomic E-state index is 0.0369. The topological polar surface area (TPSA) is 71.3 Å². The molecule has 3 rings (SSSR count). The number of rotatable bonds is 3. The Morgan fingerprint density at radius 1 is 1.23 bits per heavy atom. The van der Waals surface area contributed by atoms with Crippen LogP contribution < -0.4 is 5.32 Å². The summed E-state index contributed by atoms with van der Waals surface area (Å²) in [5.41, 5.74) is 1.61. The molecule has 1 aliphatic rings. The van der Waals surface area contributed by atoms with Crippen LogP contribution in [-0.4, -0.2) is 34.2 Å². The average Bonchev–Trinajstić information content (AvgIpc) is 3.20. The molecule has 1 aliphatic heterocycles. The van der Waals surface area contributed by atoms with E-state index in [0.29, 0.717) is 11.7 Å². The molecule has 2 heterocycles. The maximum absolute atomic E-state index is 12.0. The molecule has 0 atom stereocenters. The van der Waals surface area contributed by atoms with Crippen LogP contribution in [-0.2, 0) is 0 Å². The highest BCUT2D eigenvalue weighted by Gasteiger charge is 2.18. The maximum Gasteiger partial charge on any atom is 0.321 e. The molecule has 6 heteroatoms. The molecule has 0 spiro atoms. The highest BCUT2D eigenvalue weighted by molar-refractivity contribution is 5.89. The zero-order valence-corrected chi connectivity index (χ0v) is 12.9. The van der Waals surface area contributed by atoms with Crippen LogP contribution in [0.15, 0.2) is 28.8 Å². The molecule has 0 unspecified atom stereocenters. The van der Waals surface area contributed by atoms with Crippen LogP contribution in [0.3, 0.4) is 0 Å². The smallest absolute Gasteiger partial charge is 0.321 e. The molecule has 1 aromatic heterocycles. The first kappa shape index (κ1) is 14.6. The fourth-order valence-corrected chi connectivity index (χ4v) is 2.41. The zero-order valence-electron chi connectivity index (χ0n) is 12.9. The first-order valence-electron chi connectivity index (χ1n) is 7.63. The lowest BCUT2D eigenvalue weighted by molar-refractivity contribution is 0.222. The van der Waals surface area contributed by atoms with Gasteiger partial charge in [0, 0.05) is 30.3 Å². The van der Waals surface area contributed by atoms with Crippen LogP contribution in [0.2, 0.25) is 0 Å². The van der Waals surface area contributed by atoms with Gasteiger partial charge in [-0.1, -0.05) is 19.0 Å². The van der Waals surface area contributed by atoms with E-state index in [9.17, 15) is 4.79 Å². The zero-order chi connectivity index (χ0) is 15.5. The average molecular weight is 300 g/mol. The molecular weight excluding hydrogens is 280 g/mol. The van der Waals surface area contributed by atoms with Crippen LogP contribution in [0, 0.1) is 0 Å². The number of nitrogens with zero attached hydrogens (tertiary/aromatic N) is 3. The quantitative estimate of drug-likeness (QED) is 0.942. The number of urea groups is 1. The fraction of sp³-hybridized carbons (Fsp3) is 0.438. The molecule has 0 radical (unpaired) electrons. The van der Waals surface area contributed by atoms with E-state index in [0.717, 1.165) is 37.2 Å². The second-order valence-corrected chi connectivity index (χ2v) is 5.81. The number of anilines is 1.